The normalized spacial score (nSPS) is 18.0. The molecule has 1 aliphatic heterocycles. The van der Waals surface area contributed by atoms with Crippen LogP contribution in [0.4, 0.5) is 13.2 Å². The van der Waals surface area contributed by atoms with Crippen LogP contribution in [0.3, 0.4) is 0 Å². The predicted molar refractivity (Wildman–Crippen MR) is 134 cm³/mol. The van der Waals surface area contributed by atoms with Crippen LogP contribution >= 0.6 is 23.5 Å². The van der Waals surface area contributed by atoms with Crippen molar-refractivity contribution in [3.05, 3.63) is 83.2 Å². The van der Waals surface area contributed by atoms with Crippen molar-refractivity contribution in [1.29, 1.82) is 5.26 Å². The van der Waals surface area contributed by atoms with Crippen LogP contribution in [0.15, 0.2) is 54.6 Å². The van der Waals surface area contributed by atoms with Gasteiger partial charge in [-0.25, -0.2) is 13.2 Å². The highest BCUT2D eigenvalue weighted by atomic mass is 32.2. The highest BCUT2D eigenvalue weighted by Crippen LogP contribution is 2.45. The summed E-state index contributed by atoms with van der Waals surface area (Å²) >= 11 is 3.57. The lowest BCUT2D eigenvalue weighted by Crippen LogP contribution is -2.24. The molecule has 1 aliphatic rings. The lowest BCUT2D eigenvalue weighted by Gasteiger charge is -2.28. The third-order valence-electron chi connectivity index (χ3n) is 5.67. The molecule has 2 nitrogen and oxygen atoms in total. The third-order valence-corrected chi connectivity index (χ3v) is 8.76. The number of halogens is 3. The van der Waals surface area contributed by atoms with Gasteiger partial charge in [-0.1, -0.05) is 49.7 Å². The zero-order valence-electron chi connectivity index (χ0n) is 18.7. The van der Waals surface area contributed by atoms with Crippen LogP contribution in [0.1, 0.15) is 35.5 Å². The van der Waals surface area contributed by atoms with Crippen LogP contribution in [0, 0.1) is 28.8 Å². The van der Waals surface area contributed by atoms with Crippen molar-refractivity contribution in [2.75, 3.05) is 18.1 Å². The SMILES string of the molecule is CCCCOC1CSC(c2ccc(-c3ccc(-c4cc(F)c(C#N)c(F)c4)cc3)c(F)c2)SC1. The lowest BCUT2D eigenvalue weighted by atomic mass is 9.98. The van der Waals surface area contributed by atoms with Crippen molar-refractivity contribution in [2.45, 2.75) is 30.5 Å². The van der Waals surface area contributed by atoms with E-state index < -0.39 is 17.2 Å². The maximum absolute atomic E-state index is 15.0. The van der Waals surface area contributed by atoms with Crippen molar-refractivity contribution in [3.8, 4) is 28.3 Å². The van der Waals surface area contributed by atoms with Gasteiger partial charge in [0.2, 0.25) is 0 Å². The second-order valence-corrected chi connectivity index (χ2v) is 10.7. The summed E-state index contributed by atoms with van der Waals surface area (Å²) in [6.45, 7) is 2.94. The van der Waals surface area contributed by atoms with Crippen LogP contribution < -0.4 is 0 Å². The van der Waals surface area contributed by atoms with Crippen LogP contribution in [0.25, 0.3) is 22.3 Å². The first-order chi connectivity index (χ1) is 16.5. The number of hydrogen-bond acceptors (Lipinski definition) is 4. The van der Waals surface area contributed by atoms with E-state index >= 15 is 4.39 Å². The van der Waals surface area contributed by atoms with Crippen LogP contribution in [0.5, 0.6) is 0 Å². The Labute approximate surface area is 206 Å². The number of unbranched alkanes of at least 4 members (excludes halogenated alkanes) is 1. The molecule has 0 amide bonds. The standard InChI is InChI=1S/C27H24F3NOS2/c1-2-3-10-32-21-15-33-27(34-16-21)19-8-9-22(24(28)11-19)18-6-4-17(5-7-18)20-12-25(29)23(14-31)26(30)13-20/h4-9,11-13,21,27H,2-3,10,15-16H2,1H3. The Morgan fingerprint density at radius 2 is 1.53 bits per heavy atom. The number of thioether (sulfide) groups is 2. The molecule has 176 valence electrons. The van der Waals surface area contributed by atoms with Gasteiger partial charge in [-0.15, -0.1) is 23.5 Å². The van der Waals surface area contributed by atoms with Crippen molar-refractivity contribution in [2.24, 2.45) is 0 Å². The molecule has 0 aliphatic carbocycles. The van der Waals surface area contributed by atoms with Gasteiger partial charge >= 0.3 is 0 Å². The summed E-state index contributed by atoms with van der Waals surface area (Å²) in [6, 6.07) is 15.9. The molecular weight excluding hydrogens is 475 g/mol. The Kier molecular flexibility index (Phi) is 8.25. The van der Waals surface area contributed by atoms with E-state index in [2.05, 4.69) is 6.92 Å². The quantitative estimate of drug-likeness (QED) is 0.309. The van der Waals surface area contributed by atoms with E-state index in [9.17, 15) is 8.78 Å². The summed E-state index contributed by atoms with van der Waals surface area (Å²) in [5.74, 6) is -0.296. The highest BCUT2D eigenvalue weighted by Gasteiger charge is 2.24. The summed E-state index contributed by atoms with van der Waals surface area (Å²) < 4.78 is 49.0. The molecule has 3 aromatic carbocycles. The molecule has 4 rings (SSSR count). The molecule has 1 fully saturated rings. The second kappa shape index (κ2) is 11.4. The highest BCUT2D eigenvalue weighted by molar-refractivity contribution is 8.17. The Hall–Kier alpha value is -2.40. The predicted octanol–water partition coefficient (Wildman–Crippen LogP) is 7.97. The van der Waals surface area contributed by atoms with Gasteiger partial charge in [-0.3, -0.25) is 0 Å². The van der Waals surface area contributed by atoms with Crippen molar-refractivity contribution < 1.29 is 17.9 Å². The lowest BCUT2D eigenvalue weighted by molar-refractivity contribution is 0.0823. The average Bonchev–Trinajstić information content (AvgIpc) is 2.84. The molecule has 0 unspecified atom stereocenters. The van der Waals surface area contributed by atoms with E-state index in [1.807, 2.05) is 6.07 Å². The van der Waals surface area contributed by atoms with Crippen molar-refractivity contribution >= 4 is 23.5 Å². The summed E-state index contributed by atoms with van der Waals surface area (Å²) in [5.41, 5.74) is 2.39. The number of rotatable bonds is 7. The number of ether oxygens (including phenoxy) is 1. The fraction of sp³-hybridized carbons (Fsp3) is 0.296. The van der Waals surface area contributed by atoms with E-state index in [0.717, 1.165) is 48.7 Å². The van der Waals surface area contributed by atoms with Gasteiger partial charge in [0.25, 0.3) is 0 Å². The van der Waals surface area contributed by atoms with Gasteiger partial charge in [-0.2, -0.15) is 5.26 Å². The largest absolute Gasteiger partial charge is 0.377 e. The first-order valence-electron chi connectivity index (χ1n) is 11.1. The minimum absolute atomic E-state index is 0.179. The summed E-state index contributed by atoms with van der Waals surface area (Å²) in [4.78, 5) is 0. The fourth-order valence-corrected chi connectivity index (χ4v) is 6.66. The Bertz CT molecular complexity index is 1160. The van der Waals surface area contributed by atoms with E-state index in [-0.39, 0.29) is 16.5 Å². The summed E-state index contributed by atoms with van der Waals surface area (Å²) in [7, 11) is 0. The Morgan fingerprint density at radius 1 is 0.882 bits per heavy atom. The molecule has 34 heavy (non-hydrogen) atoms. The van der Waals surface area contributed by atoms with Gasteiger partial charge < -0.3 is 4.74 Å². The molecule has 0 aromatic heterocycles. The Morgan fingerprint density at radius 3 is 2.12 bits per heavy atom. The first kappa shape index (κ1) is 24.7. The monoisotopic (exact) mass is 499 g/mol. The average molecular weight is 500 g/mol. The number of hydrogen-bond donors (Lipinski definition) is 0. The smallest absolute Gasteiger partial charge is 0.144 e. The maximum atomic E-state index is 15.0. The van der Waals surface area contributed by atoms with Crippen molar-refractivity contribution in [1.82, 2.24) is 0 Å². The first-order valence-corrected chi connectivity index (χ1v) is 13.2. The van der Waals surface area contributed by atoms with Crippen LogP contribution in [-0.4, -0.2) is 24.2 Å². The van der Waals surface area contributed by atoms with Crippen LogP contribution in [-0.2, 0) is 4.74 Å². The minimum atomic E-state index is -0.902. The molecule has 0 N–H and O–H groups in total. The van der Waals surface area contributed by atoms with Crippen molar-refractivity contribution in [3.63, 3.8) is 0 Å². The van der Waals surface area contributed by atoms with E-state index in [0.29, 0.717) is 22.3 Å². The molecule has 7 heteroatoms. The molecule has 0 radical (unpaired) electrons. The number of nitriles is 1. The molecule has 1 saturated heterocycles. The Balaban J connectivity index is 1.45. The number of nitrogens with zero attached hydrogens (tertiary/aromatic N) is 1. The topological polar surface area (TPSA) is 33.0 Å². The van der Waals surface area contributed by atoms with Gasteiger partial charge in [0.1, 0.15) is 29.1 Å². The van der Waals surface area contributed by atoms with E-state index in [1.54, 1.807) is 59.9 Å². The molecule has 0 spiro atoms. The summed E-state index contributed by atoms with van der Waals surface area (Å²) in [6.07, 6.45) is 2.44. The fourth-order valence-electron chi connectivity index (χ4n) is 3.77. The summed E-state index contributed by atoms with van der Waals surface area (Å²) in [5, 5.41) is 8.83. The van der Waals surface area contributed by atoms with Gasteiger partial charge in [0.15, 0.2) is 0 Å². The van der Waals surface area contributed by atoms with E-state index in [1.165, 1.54) is 6.07 Å². The van der Waals surface area contributed by atoms with E-state index in [4.69, 9.17) is 10.00 Å². The second-order valence-electron chi connectivity index (χ2n) is 8.09. The molecule has 0 saturated carbocycles. The molecule has 3 aromatic rings. The van der Waals surface area contributed by atoms with Gasteiger partial charge in [0.05, 0.1) is 10.7 Å². The zero-order chi connectivity index (χ0) is 24.1. The zero-order valence-corrected chi connectivity index (χ0v) is 20.3. The van der Waals surface area contributed by atoms with Crippen LogP contribution in [0.2, 0.25) is 0 Å². The minimum Gasteiger partial charge on any atom is -0.377 e. The third kappa shape index (κ3) is 5.63. The number of benzene rings is 3. The van der Waals surface area contributed by atoms with Gasteiger partial charge in [-0.05, 0) is 46.9 Å². The molecule has 1 heterocycles. The maximum Gasteiger partial charge on any atom is 0.144 e. The molecule has 0 bridgehead atoms. The van der Waals surface area contributed by atoms with Gasteiger partial charge in [0, 0.05) is 23.7 Å². The molecule has 0 atom stereocenters. The molecular formula is C27H24F3NOS2.